The molecule has 0 saturated carbocycles. The lowest BCUT2D eigenvalue weighted by atomic mass is 10.2. The molecule has 1 saturated heterocycles. The van der Waals surface area contributed by atoms with Crippen molar-refractivity contribution in [2.75, 3.05) is 28.6 Å². The van der Waals surface area contributed by atoms with E-state index >= 15 is 0 Å². The lowest BCUT2D eigenvalue weighted by Gasteiger charge is -2.17. The third-order valence-corrected chi connectivity index (χ3v) is 4.32. The Kier molecular flexibility index (Phi) is 4.86. The third-order valence-electron chi connectivity index (χ3n) is 4.32. The summed E-state index contributed by atoms with van der Waals surface area (Å²) in [4.78, 5) is 22.3. The van der Waals surface area contributed by atoms with Gasteiger partial charge in [0.25, 0.3) is 5.91 Å². The van der Waals surface area contributed by atoms with Crippen LogP contribution in [0.5, 0.6) is 0 Å². The predicted molar refractivity (Wildman–Crippen MR) is 103 cm³/mol. The number of aromatic nitrogens is 4. The zero-order valence-electron chi connectivity index (χ0n) is 14.7. The van der Waals surface area contributed by atoms with E-state index in [0.29, 0.717) is 11.5 Å². The molecule has 1 fully saturated rings. The highest BCUT2D eigenvalue weighted by Crippen LogP contribution is 2.23. The number of nitrogens with one attached hydrogen (secondary N) is 2. The van der Waals surface area contributed by atoms with Crippen molar-refractivity contribution < 1.29 is 4.79 Å². The van der Waals surface area contributed by atoms with Crippen LogP contribution in [0.15, 0.2) is 55.1 Å². The van der Waals surface area contributed by atoms with Gasteiger partial charge in [-0.1, -0.05) is 0 Å². The Morgan fingerprint density at radius 2 is 1.78 bits per heavy atom. The molecule has 27 heavy (non-hydrogen) atoms. The summed E-state index contributed by atoms with van der Waals surface area (Å²) >= 11 is 0. The van der Waals surface area contributed by atoms with E-state index in [1.165, 1.54) is 31.4 Å². The first-order chi connectivity index (χ1) is 13.3. The van der Waals surface area contributed by atoms with Crippen LogP contribution in [-0.2, 0) is 0 Å². The first kappa shape index (κ1) is 16.9. The number of hydrogen-bond donors (Lipinski definition) is 2. The van der Waals surface area contributed by atoms with Crippen LogP contribution < -0.4 is 15.5 Å². The Hall–Kier alpha value is -3.55. The fourth-order valence-corrected chi connectivity index (χ4v) is 2.96. The van der Waals surface area contributed by atoms with Gasteiger partial charge in [0.05, 0.1) is 18.1 Å². The summed E-state index contributed by atoms with van der Waals surface area (Å²) in [6.07, 6.45) is 8.66. The highest BCUT2D eigenvalue weighted by atomic mass is 16.1. The molecule has 8 nitrogen and oxygen atoms in total. The average molecular weight is 361 g/mol. The molecular weight excluding hydrogens is 342 g/mol. The van der Waals surface area contributed by atoms with Crippen molar-refractivity contribution in [2.24, 2.45) is 0 Å². The number of carbonyl (C=O) groups is 1. The zero-order valence-corrected chi connectivity index (χ0v) is 14.7. The summed E-state index contributed by atoms with van der Waals surface area (Å²) in [6, 6.07) is 9.37. The molecule has 0 radical (unpaired) electrons. The van der Waals surface area contributed by atoms with Crippen molar-refractivity contribution in [3.8, 4) is 0 Å². The first-order valence-corrected chi connectivity index (χ1v) is 8.80. The first-order valence-electron chi connectivity index (χ1n) is 8.80. The smallest absolute Gasteiger partial charge is 0.275 e. The van der Waals surface area contributed by atoms with Crippen molar-refractivity contribution in [1.82, 2.24) is 20.2 Å². The van der Waals surface area contributed by atoms with E-state index in [9.17, 15) is 4.79 Å². The average Bonchev–Trinajstić information content (AvgIpc) is 3.25. The van der Waals surface area contributed by atoms with Crippen LogP contribution in [0.25, 0.3) is 0 Å². The molecule has 4 rings (SSSR count). The fraction of sp³-hybridized carbons (Fsp3) is 0.211. The molecule has 1 aliphatic heterocycles. The summed E-state index contributed by atoms with van der Waals surface area (Å²) in [5, 5.41) is 14.3. The molecular formula is C19H19N7O. The number of carbonyl (C=O) groups excluding carboxylic acids is 1. The van der Waals surface area contributed by atoms with Gasteiger partial charge in [-0.25, -0.2) is 4.98 Å². The van der Waals surface area contributed by atoms with Crippen LogP contribution >= 0.6 is 0 Å². The maximum atomic E-state index is 12.1. The molecule has 0 bridgehead atoms. The number of benzene rings is 1. The van der Waals surface area contributed by atoms with Crippen LogP contribution in [0, 0.1) is 0 Å². The minimum Gasteiger partial charge on any atom is -0.370 e. The second kappa shape index (κ2) is 7.77. The van der Waals surface area contributed by atoms with Gasteiger partial charge in [-0.3, -0.25) is 9.78 Å². The SMILES string of the molecule is O=C(Nc1ccc(Nc2cc(N3CCCC3)cnn2)cc1)c1cnccn1. The lowest BCUT2D eigenvalue weighted by molar-refractivity contribution is 0.102. The number of amides is 1. The third kappa shape index (κ3) is 4.17. The van der Waals surface area contributed by atoms with Gasteiger partial charge in [0.2, 0.25) is 0 Å². The fourth-order valence-electron chi connectivity index (χ4n) is 2.96. The molecule has 2 aromatic heterocycles. The molecule has 3 heterocycles. The van der Waals surface area contributed by atoms with Crippen molar-refractivity contribution in [2.45, 2.75) is 12.8 Å². The number of rotatable bonds is 5. The molecule has 0 unspecified atom stereocenters. The van der Waals surface area contributed by atoms with E-state index < -0.39 is 0 Å². The van der Waals surface area contributed by atoms with Gasteiger partial charge in [0.1, 0.15) is 5.69 Å². The second-order valence-electron chi connectivity index (χ2n) is 6.24. The van der Waals surface area contributed by atoms with E-state index in [-0.39, 0.29) is 11.6 Å². The Morgan fingerprint density at radius 3 is 2.52 bits per heavy atom. The molecule has 8 heteroatoms. The molecule has 0 aliphatic carbocycles. The monoisotopic (exact) mass is 361 g/mol. The van der Waals surface area contributed by atoms with Crippen molar-refractivity contribution in [3.63, 3.8) is 0 Å². The molecule has 1 amide bonds. The van der Waals surface area contributed by atoms with Crippen molar-refractivity contribution >= 4 is 28.8 Å². The lowest BCUT2D eigenvalue weighted by Crippen LogP contribution is -2.18. The van der Waals surface area contributed by atoms with E-state index in [1.54, 1.807) is 6.20 Å². The summed E-state index contributed by atoms with van der Waals surface area (Å²) in [5.41, 5.74) is 2.89. The molecule has 3 aromatic rings. The maximum absolute atomic E-state index is 12.1. The van der Waals surface area contributed by atoms with Crippen LogP contribution in [0.2, 0.25) is 0 Å². The molecule has 2 N–H and O–H groups in total. The van der Waals surface area contributed by atoms with Crippen molar-refractivity contribution in [3.05, 3.63) is 60.8 Å². The number of anilines is 4. The quantitative estimate of drug-likeness (QED) is 0.721. The number of hydrogen-bond acceptors (Lipinski definition) is 7. The van der Waals surface area contributed by atoms with Crippen LogP contribution in [0.1, 0.15) is 23.3 Å². The molecule has 1 aliphatic rings. The van der Waals surface area contributed by atoms with Gasteiger partial charge in [-0.2, -0.15) is 5.10 Å². The van der Waals surface area contributed by atoms with E-state index in [0.717, 1.165) is 24.5 Å². The van der Waals surface area contributed by atoms with E-state index in [1.807, 2.05) is 30.3 Å². The highest BCUT2D eigenvalue weighted by molar-refractivity contribution is 6.02. The second-order valence-corrected chi connectivity index (χ2v) is 6.24. The molecule has 0 atom stereocenters. The molecule has 136 valence electrons. The van der Waals surface area contributed by atoms with Crippen molar-refractivity contribution in [1.29, 1.82) is 0 Å². The molecule has 1 aromatic carbocycles. The van der Waals surface area contributed by atoms with Gasteiger partial charge in [0.15, 0.2) is 5.82 Å². The van der Waals surface area contributed by atoms with Crippen LogP contribution in [-0.4, -0.2) is 39.2 Å². The Bertz CT molecular complexity index is 909. The van der Waals surface area contributed by atoms with Crippen LogP contribution in [0.4, 0.5) is 22.9 Å². The Morgan fingerprint density at radius 1 is 1.00 bits per heavy atom. The van der Waals surface area contributed by atoms with Gasteiger partial charge in [-0.05, 0) is 37.1 Å². The van der Waals surface area contributed by atoms with Crippen LogP contribution in [0.3, 0.4) is 0 Å². The van der Waals surface area contributed by atoms with Gasteiger partial charge in [0, 0.05) is 42.9 Å². The number of nitrogens with zero attached hydrogens (tertiary/aromatic N) is 5. The predicted octanol–water partition coefficient (Wildman–Crippen LogP) is 2.86. The van der Waals surface area contributed by atoms with Gasteiger partial charge in [-0.15, -0.1) is 5.10 Å². The minimum atomic E-state index is -0.298. The standard InChI is InChI=1S/C19H19N7O/c27-19(17-13-20-7-8-21-17)24-15-5-3-14(4-6-15)23-18-11-16(12-22-25-18)26-9-1-2-10-26/h3-8,11-13H,1-2,9-10H2,(H,23,25)(H,24,27). The summed E-state index contributed by atoms with van der Waals surface area (Å²) in [5.74, 6) is 0.392. The summed E-state index contributed by atoms with van der Waals surface area (Å²) in [6.45, 7) is 2.12. The summed E-state index contributed by atoms with van der Waals surface area (Å²) < 4.78 is 0. The maximum Gasteiger partial charge on any atom is 0.275 e. The zero-order chi connectivity index (χ0) is 18.5. The van der Waals surface area contributed by atoms with Gasteiger partial charge >= 0.3 is 0 Å². The Labute approximate surface area is 156 Å². The van der Waals surface area contributed by atoms with E-state index in [2.05, 4.69) is 35.7 Å². The van der Waals surface area contributed by atoms with Gasteiger partial charge < -0.3 is 15.5 Å². The minimum absolute atomic E-state index is 0.272. The highest BCUT2D eigenvalue weighted by Gasteiger charge is 2.13. The largest absolute Gasteiger partial charge is 0.370 e. The summed E-state index contributed by atoms with van der Waals surface area (Å²) in [7, 11) is 0. The Balaban J connectivity index is 1.41. The van der Waals surface area contributed by atoms with E-state index in [4.69, 9.17) is 0 Å². The normalized spacial score (nSPS) is 13.4. The topological polar surface area (TPSA) is 95.9 Å². The molecule has 0 spiro atoms.